The SMILES string of the molecule is COC(=O)c1ccc(C(C(=O)OC)C(=O)C2CCOCC2)cc1. The Balaban J connectivity index is 2.25. The number of hydrogen-bond acceptors (Lipinski definition) is 6. The number of ketones is 1. The lowest BCUT2D eigenvalue weighted by atomic mass is 9.83. The quantitative estimate of drug-likeness (QED) is 0.607. The summed E-state index contributed by atoms with van der Waals surface area (Å²) < 4.78 is 14.7. The Morgan fingerprint density at radius 3 is 2.17 bits per heavy atom. The van der Waals surface area contributed by atoms with Crippen molar-refractivity contribution >= 4 is 17.7 Å². The van der Waals surface area contributed by atoms with Gasteiger partial charge < -0.3 is 14.2 Å². The van der Waals surface area contributed by atoms with Gasteiger partial charge in [0.25, 0.3) is 0 Å². The standard InChI is InChI=1S/C17H20O6/c1-21-16(19)13-5-3-11(4-6-13)14(17(20)22-2)15(18)12-7-9-23-10-8-12/h3-6,12,14H,7-10H2,1-2H3. The van der Waals surface area contributed by atoms with Gasteiger partial charge in [0.05, 0.1) is 19.8 Å². The van der Waals surface area contributed by atoms with E-state index in [9.17, 15) is 14.4 Å². The summed E-state index contributed by atoms with van der Waals surface area (Å²) in [6.45, 7) is 1.04. The van der Waals surface area contributed by atoms with Crippen LogP contribution in [0.4, 0.5) is 0 Å². The van der Waals surface area contributed by atoms with E-state index in [-0.39, 0.29) is 11.7 Å². The van der Waals surface area contributed by atoms with Crippen molar-refractivity contribution in [2.45, 2.75) is 18.8 Å². The molecule has 1 aromatic carbocycles. The number of carbonyl (C=O) groups excluding carboxylic acids is 3. The fourth-order valence-electron chi connectivity index (χ4n) is 2.68. The highest BCUT2D eigenvalue weighted by Gasteiger charge is 2.35. The molecule has 23 heavy (non-hydrogen) atoms. The Morgan fingerprint density at radius 2 is 1.65 bits per heavy atom. The molecule has 0 bridgehead atoms. The molecule has 1 atom stereocenters. The zero-order chi connectivity index (χ0) is 16.8. The van der Waals surface area contributed by atoms with Crippen molar-refractivity contribution in [3.05, 3.63) is 35.4 Å². The molecule has 6 nitrogen and oxygen atoms in total. The Bertz CT molecular complexity index is 571. The van der Waals surface area contributed by atoms with Crippen LogP contribution in [0.15, 0.2) is 24.3 Å². The third-order valence-electron chi connectivity index (χ3n) is 4.01. The first kappa shape index (κ1) is 17.1. The number of hydrogen-bond donors (Lipinski definition) is 0. The van der Waals surface area contributed by atoms with Crippen molar-refractivity contribution in [3.63, 3.8) is 0 Å². The molecular formula is C17H20O6. The monoisotopic (exact) mass is 320 g/mol. The van der Waals surface area contributed by atoms with Crippen molar-refractivity contribution in [2.75, 3.05) is 27.4 Å². The molecule has 0 saturated carbocycles. The van der Waals surface area contributed by atoms with Gasteiger partial charge in [0.1, 0.15) is 5.92 Å². The van der Waals surface area contributed by atoms with Crippen LogP contribution < -0.4 is 0 Å². The van der Waals surface area contributed by atoms with Crippen LogP contribution in [-0.4, -0.2) is 45.2 Å². The number of rotatable bonds is 5. The van der Waals surface area contributed by atoms with Crippen LogP contribution in [0.25, 0.3) is 0 Å². The lowest BCUT2D eigenvalue weighted by Gasteiger charge is -2.24. The van der Waals surface area contributed by atoms with Gasteiger partial charge in [0, 0.05) is 19.1 Å². The molecule has 6 heteroatoms. The van der Waals surface area contributed by atoms with Gasteiger partial charge in [-0.15, -0.1) is 0 Å². The number of esters is 2. The van der Waals surface area contributed by atoms with Gasteiger partial charge in [-0.1, -0.05) is 12.1 Å². The minimum atomic E-state index is -0.977. The lowest BCUT2D eigenvalue weighted by molar-refractivity contribution is -0.147. The van der Waals surface area contributed by atoms with E-state index in [1.165, 1.54) is 26.4 Å². The highest BCUT2D eigenvalue weighted by atomic mass is 16.5. The predicted molar refractivity (Wildman–Crippen MR) is 81.1 cm³/mol. The number of carbonyl (C=O) groups is 3. The molecule has 1 fully saturated rings. The number of methoxy groups -OCH3 is 2. The van der Waals surface area contributed by atoms with Crippen molar-refractivity contribution in [1.82, 2.24) is 0 Å². The summed E-state index contributed by atoms with van der Waals surface area (Å²) in [5.41, 5.74) is 0.874. The molecule has 1 aliphatic heterocycles. The van der Waals surface area contributed by atoms with Gasteiger partial charge in [0.15, 0.2) is 5.78 Å². The summed E-state index contributed by atoms with van der Waals surface area (Å²) in [6, 6.07) is 6.25. The third kappa shape index (κ3) is 3.96. The van der Waals surface area contributed by atoms with Gasteiger partial charge in [-0.3, -0.25) is 9.59 Å². The van der Waals surface area contributed by atoms with Crippen LogP contribution in [0.5, 0.6) is 0 Å². The van der Waals surface area contributed by atoms with Gasteiger partial charge in [-0.05, 0) is 30.5 Å². The van der Waals surface area contributed by atoms with Crippen molar-refractivity contribution in [2.24, 2.45) is 5.92 Å². The van der Waals surface area contributed by atoms with Crippen molar-refractivity contribution in [1.29, 1.82) is 0 Å². The number of Topliss-reactive ketones (excluding diaryl/α,β-unsaturated/α-hetero) is 1. The summed E-state index contributed by atoms with van der Waals surface area (Å²) in [4.78, 5) is 36.3. The maximum atomic E-state index is 12.7. The van der Waals surface area contributed by atoms with E-state index in [1.807, 2.05) is 0 Å². The summed E-state index contributed by atoms with van der Waals surface area (Å²) in [6.07, 6.45) is 1.21. The fourth-order valence-corrected chi connectivity index (χ4v) is 2.68. The number of ether oxygens (including phenoxy) is 3. The Morgan fingerprint density at radius 1 is 1.04 bits per heavy atom. The highest BCUT2D eigenvalue weighted by Crippen LogP contribution is 2.27. The summed E-state index contributed by atoms with van der Waals surface area (Å²) in [7, 11) is 2.55. The molecule has 2 rings (SSSR count). The molecule has 0 amide bonds. The maximum Gasteiger partial charge on any atom is 0.337 e. The molecule has 1 aliphatic rings. The third-order valence-corrected chi connectivity index (χ3v) is 4.01. The molecule has 0 aliphatic carbocycles. The topological polar surface area (TPSA) is 78.9 Å². The number of benzene rings is 1. The molecule has 1 unspecified atom stereocenters. The smallest absolute Gasteiger partial charge is 0.337 e. The van der Waals surface area contributed by atoms with Gasteiger partial charge in [0.2, 0.25) is 0 Å². The summed E-state index contributed by atoms with van der Waals surface area (Å²) >= 11 is 0. The Labute approximate surface area is 134 Å². The van der Waals surface area contributed by atoms with Crippen LogP contribution in [-0.2, 0) is 23.8 Å². The van der Waals surface area contributed by atoms with Crippen LogP contribution in [0, 0.1) is 5.92 Å². The average Bonchev–Trinajstić information content (AvgIpc) is 2.62. The zero-order valence-corrected chi connectivity index (χ0v) is 13.2. The first-order chi connectivity index (χ1) is 11.1. The second-order valence-corrected chi connectivity index (χ2v) is 5.36. The van der Waals surface area contributed by atoms with Crippen LogP contribution in [0.1, 0.15) is 34.7 Å². The van der Waals surface area contributed by atoms with Crippen LogP contribution >= 0.6 is 0 Å². The molecule has 0 aromatic heterocycles. The molecular weight excluding hydrogens is 300 g/mol. The van der Waals surface area contributed by atoms with Crippen LogP contribution in [0.3, 0.4) is 0 Å². The van der Waals surface area contributed by atoms with Gasteiger partial charge in [-0.25, -0.2) is 4.79 Å². The Hall–Kier alpha value is -2.21. The molecule has 124 valence electrons. The molecule has 0 N–H and O–H groups in total. The van der Waals surface area contributed by atoms with E-state index in [0.717, 1.165) is 0 Å². The second-order valence-electron chi connectivity index (χ2n) is 5.36. The maximum absolute atomic E-state index is 12.7. The predicted octanol–water partition coefficient (Wildman–Crippen LogP) is 1.73. The summed E-state index contributed by atoms with van der Waals surface area (Å²) in [5, 5.41) is 0. The minimum absolute atomic E-state index is 0.161. The molecule has 1 heterocycles. The zero-order valence-electron chi connectivity index (χ0n) is 13.2. The normalized spacial score (nSPS) is 16.4. The first-order valence-electron chi connectivity index (χ1n) is 7.46. The van der Waals surface area contributed by atoms with Gasteiger partial charge in [-0.2, -0.15) is 0 Å². The van der Waals surface area contributed by atoms with E-state index in [2.05, 4.69) is 4.74 Å². The van der Waals surface area contributed by atoms with E-state index in [0.29, 0.717) is 37.2 Å². The van der Waals surface area contributed by atoms with Crippen molar-refractivity contribution < 1.29 is 28.6 Å². The van der Waals surface area contributed by atoms with Gasteiger partial charge >= 0.3 is 11.9 Å². The molecule has 0 spiro atoms. The van der Waals surface area contributed by atoms with E-state index in [4.69, 9.17) is 9.47 Å². The van der Waals surface area contributed by atoms with E-state index >= 15 is 0 Å². The van der Waals surface area contributed by atoms with Crippen molar-refractivity contribution in [3.8, 4) is 0 Å². The average molecular weight is 320 g/mol. The molecule has 1 aromatic rings. The molecule has 0 radical (unpaired) electrons. The minimum Gasteiger partial charge on any atom is -0.468 e. The Kier molecular flexibility index (Phi) is 5.87. The lowest BCUT2D eigenvalue weighted by Crippen LogP contribution is -2.32. The highest BCUT2D eigenvalue weighted by molar-refractivity contribution is 6.05. The van der Waals surface area contributed by atoms with E-state index in [1.54, 1.807) is 12.1 Å². The summed E-state index contributed by atoms with van der Waals surface area (Å²) in [5.74, 6) is -2.41. The second kappa shape index (κ2) is 7.87. The van der Waals surface area contributed by atoms with Crippen LogP contribution in [0.2, 0.25) is 0 Å². The fraction of sp³-hybridized carbons (Fsp3) is 0.471. The first-order valence-corrected chi connectivity index (χ1v) is 7.46. The van der Waals surface area contributed by atoms with E-state index < -0.39 is 17.9 Å². The largest absolute Gasteiger partial charge is 0.468 e. The molecule has 1 saturated heterocycles.